The van der Waals surface area contributed by atoms with Crippen LogP contribution in [0, 0.1) is 12.7 Å². The average Bonchev–Trinajstić information content (AvgIpc) is 3.49. The first kappa shape index (κ1) is 26.6. The van der Waals surface area contributed by atoms with E-state index in [2.05, 4.69) is 5.10 Å². The molecule has 3 aromatic rings. The van der Waals surface area contributed by atoms with Gasteiger partial charge in [0.1, 0.15) is 17.2 Å². The smallest absolute Gasteiger partial charge is 0.369 e. The monoisotopic (exact) mass is 559 g/mol. The maximum Gasteiger partial charge on any atom is 0.416 e. The van der Waals surface area contributed by atoms with Crippen LogP contribution in [0.3, 0.4) is 0 Å². The molecule has 1 saturated carbocycles. The molecule has 0 spiro atoms. The van der Waals surface area contributed by atoms with Gasteiger partial charge >= 0.3 is 12.2 Å². The summed E-state index contributed by atoms with van der Waals surface area (Å²) in [7, 11) is 0. The van der Waals surface area contributed by atoms with Crippen molar-refractivity contribution < 1.29 is 26.7 Å². The summed E-state index contributed by atoms with van der Waals surface area (Å²) in [6.07, 6.45) is -1.00. The van der Waals surface area contributed by atoms with Gasteiger partial charge in [0, 0.05) is 25.3 Å². The molecule has 0 N–H and O–H groups in total. The summed E-state index contributed by atoms with van der Waals surface area (Å²) in [5.74, 6) is -0.293. The van der Waals surface area contributed by atoms with Crippen molar-refractivity contribution in [2.75, 3.05) is 22.9 Å². The van der Waals surface area contributed by atoms with Crippen LogP contribution in [0.1, 0.15) is 48.1 Å². The van der Waals surface area contributed by atoms with Crippen LogP contribution in [-0.2, 0) is 25.8 Å². The second kappa shape index (κ2) is 9.78. The van der Waals surface area contributed by atoms with Crippen molar-refractivity contribution in [1.29, 1.82) is 0 Å². The lowest BCUT2D eigenvalue weighted by atomic mass is 10.00. The molecule has 1 aromatic heterocycles. The number of hydrogen-bond donors (Lipinski definition) is 0. The number of carbonyl (C=O) groups excluding carboxylic acids is 1. The quantitative estimate of drug-likeness (QED) is 0.326. The van der Waals surface area contributed by atoms with Crippen molar-refractivity contribution in [3.05, 3.63) is 76.9 Å². The van der Waals surface area contributed by atoms with E-state index in [-0.39, 0.29) is 37.1 Å². The molecule has 40 heavy (non-hydrogen) atoms. The summed E-state index contributed by atoms with van der Waals surface area (Å²) in [6.45, 7) is 2.84. The van der Waals surface area contributed by atoms with Crippen LogP contribution in [0.5, 0.6) is 0 Å². The summed E-state index contributed by atoms with van der Waals surface area (Å²) in [4.78, 5) is 18.9. The van der Waals surface area contributed by atoms with Crippen LogP contribution >= 0.6 is 0 Å². The number of anilines is 2. The SMILES string of the molecule is Cc1cccc(F)c1N1CCC(N2Cc3nn(CC4(F)CC4)cc3N(Cc3ccccc3C(F)(F)F)C2=O)CC1. The predicted octanol–water partition coefficient (Wildman–Crippen LogP) is 6.46. The highest BCUT2D eigenvalue weighted by molar-refractivity contribution is 5.94. The third kappa shape index (κ3) is 5.01. The molecule has 0 radical (unpaired) electrons. The van der Waals surface area contributed by atoms with Crippen molar-refractivity contribution in [2.24, 2.45) is 0 Å². The number of nitrogens with zero attached hydrogens (tertiary/aromatic N) is 5. The lowest BCUT2D eigenvalue weighted by molar-refractivity contribution is -0.138. The van der Waals surface area contributed by atoms with E-state index in [1.165, 1.54) is 33.8 Å². The van der Waals surface area contributed by atoms with E-state index >= 15 is 0 Å². The van der Waals surface area contributed by atoms with Gasteiger partial charge in [0.15, 0.2) is 0 Å². The molecule has 3 aliphatic rings. The Morgan fingerprint density at radius 1 is 1.05 bits per heavy atom. The highest BCUT2D eigenvalue weighted by Gasteiger charge is 2.45. The van der Waals surface area contributed by atoms with E-state index in [0.29, 0.717) is 55.8 Å². The van der Waals surface area contributed by atoms with Gasteiger partial charge < -0.3 is 9.80 Å². The predicted molar refractivity (Wildman–Crippen MR) is 140 cm³/mol. The number of benzene rings is 2. The molecule has 6 nitrogen and oxygen atoms in total. The molecule has 0 unspecified atom stereocenters. The largest absolute Gasteiger partial charge is 0.416 e. The maximum atomic E-state index is 14.6. The molecule has 3 heterocycles. The second-order valence-corrected chi connectivity index (χ2v) is 11.1. The molecular formula is C29H30F5N5O. The minimum Gasteiger partial charge on any atom is -0.369 e. The summed E-state index contributed by atoms with van der Waals surface area (Å²) < 4.78 is 72.0. The topological polar surface area (TPSA) is 44.6 Å². The third-order valence-corrected chi connectivity index (χ3v) is 8.20. The normalized spacial score (nSPS) is 19.2. The van der Waals surface area contributed by atoms with E-state index in [4.69, 9.17) is 0 Å². The summed E-state index contributed by atoms with van der Waals surface area (Å²) in [6, 6.07) is 9.56. The molecule has 0 bridgehead atoms. The zero-order chi connectivity index (χ0) is 28.2. The zero-order valence-electron chi connectivity index (χ0n) is 22.1. The van der Waals surface area contributed by atoms with Crippen LogP contribution in [-0.4, -0.2) is 45.5 Å². The highest BCUT2D eigenvalue weighted by Crippen LogP contribution is 2.42. The van der Waals surface area contributed by atoms with Gasteiger partial charge in [-0.15, -0.1) is 0 Å². The summed E-state index contributed by atoms with van der Waals surface area (Å²) in [5.41, 5.74) is 0.156. The number of fused-ring (bicyclic) bond motifs is 1. The number of para-hydroxylation sites is 1. The van der Waals surface area contributed by atoms with E-state index in [1.54, 1.807) is 17.2 Å². The van der Waals surface area contributed by atoms with E-state index in [1.807, 2.05) is 17.9 Å². The molecule has 1 aliphatic carbocycles. The molecule has 212 valence electrons. The Hall–Kier alpha value is -3.63. The van der Waals surface area contributed by atoms with Crippen molar-refractivity contribution in [1.82, 2.24) is 14.7 Å². The number of rotatable bonds is 6. The fraction of sp³-hybridized carbons (Fsp3) is 0.448. The standard InChI is InChI=1S/C29H30F5N5O/c1-19-5-4-8-23(30)26(19)36-13-9-21(10-14-36)38-16-24-25(17-37(35-24)18-28(31)11-12-28)39(27(38)40)15-20-6-2-3-7-22(20)29(32,33)34/h2-8,17,21H,9-16,18H2,1H3. The van der Waals surface area contributed by atoms with Gasteiger partial charge in [0.25, 0.3) is 0 Å². The number of aromatic nitrogens is 2. The van der Waals surface area contributed by atoms with Gasteiger partial charge in [-0.05, 0) is 55.9 Å². The minimum atomic E-state index is -4.58. The fourth-order valence-corrected chi connectivity index (χ4v) is 5.91. The summed E-state index contributed by atoms with van der Waals surface area (Å²) in [5, 5.41) is 4.56. The van der Waals surface area contributed by atoms with Crippen LogP contribution in [0.25, 0.3) is 0 Å². The van der Waals surface area contributed by atoms with Crippen LogP contribution < -0.4 is 9.80 Å². The number of urea groups is 1. The molecule has 2 amide bonds. The average molecular weight is 560 g/mol. The van der Waals surface area contributed by atoms with Crippen LogP contribution in [0.15, 0.2) is 48.7 Å². The number of amides is 2. The first-order chi connectivity index (χ1) is 19.0. The first-order valence-corrected chi connectivity index (χ1v) is 13.5. The number of piperidine rings is 1. The van der Waals surface area contributed by atoms with Gasteiger partial charge in [-0.1, -0.05) is 30.3 Å². The number of carbonyl (C=O) groups is 1. The number of aryl methyl sites for hydroxylation is 1. The Kier molecular flexibility index (Phi) is 6.50. The Labute approximate surface area is 229 Å². The molecule has 2 aromatic carbocycles. The maximum absolute atomic E-state index is 14.6. The van der Waals surface area contributed by atoms with Crippen LogP contribution in [0.2, 0.25) is 0 Å². The lowest BCUT2D eigenvalue weighted by Gasteiger charge is -2.43. The second-order valence-electron chi connectivity index (χ2n) is 11.1. The fourth-order valence-electron chi connectivity index (χ4n) is 5.91. The van der Waals surface area contributed by atoms with Gasteiger partial charge in [-0.2, -0.15) is 18.3 Å². The van der Waals surface area contributed by atoms with Gasteiger partial charge in [0.05, 0.1) is 36.6 Å². The Morgan fingerprint density at radius 3 is 2.45 bits per heavy atom. The molecule has 11 heteroatoms. The van der Waals surface area contributed by atoms with Crippen molar-refractivity contribution >= 4 is 17.4 Å². The third-order valence-electron chi connectivity index (χ3n) is 8.20. The van der Waals surface area contributed by atoms with E-state index in [9.17, 15) is 26.7 Å². The van der Waals surface area contributed by atoms with E-state index in [0.717, 1.165) is 11.6 Å². The Morgan fingerprint density at radius 2 is 1.77 bits per heavy atom. The van der Waals surface area contributed by atoms with Crippen molar-refractivity contribution in [3.8, 4) is 0 Å². The number of alkyl halides is 4. The van der Waals surface area contributed by atoms with Crippen molar-refractivity contribution in [3.63, 3.8) is 0 Å². The van der Waals surface area contributed by atoms with Crippen molar-refractivity contribution in [2.45, 2.75) is 70.1 Å². The van der Waals surface area contributed by atoms with Crippen LogP contribution in [0.4, 0.5) is 38.1 Å². The number of hydrogen-bond acceptors (Lipinski definition) is 3. The summed E-state index contributed by atoms with van der Waals surface area (Å²) >= 11 is 0. The molecule has 0 atom stereocenters. The first-order valence-electron chi connectivity index (χ1n) is 13.5. The molecule has 1 saturated heterocycles. The lowest BCUT2D eigenvalue weighted by Crippen LogP contribution is -2.54. The molecule has 2 aliphatic heterocycles. The molecular weight excluding hydrogens is 529 g/mol. The highest BCUT2D eigenvalue weighted by atomic mass is 19.4. The molecule has 6 rings (SSSR count). The molecule has 2 fully saturated rings. The Bertz CT molecular complexity index is 1400. The van der Waals surface area contributed by atoms with E-state index < -0.39 is 23.4 Å². The minimum absolute atomic E-state index is 0.0297. The van der Waals surface area contributed by atoms with Gasteiger partial charge in [0.2, 0.25) is 0 Å². The Balaban J connectivity index is 1.28. The zero-order valence-corrected chi connectivity index (χ0v) is 22.1. The van der Waals surface area contributed by atoms with Gasteiger partial charge in [-0.25, -0.2) is 13.6 Å². The number of halogens is 5. The van der Waals surface area contributed by atoms with Gasteiger partial charge in [-0.3, -0.25) is 9.58 Å².